The molecule has 9 rings (SSSR count). The van der Waals surface area contributed by atoms with Crippen LogP contribution < -0.4 is 19.6 Å². The second-order valence-electron chi connectivity index (χ2n) is 14.0. The molecule has 8 aromatic carbocycles. The highest BCUT2D eigenvalue weighted by Crippen LogP contribution is 2.42. The first-order chi connectivity index (χ1) is 28.8. The van der Waals surface area contributed by atoms with E-state index in [0.29, 0.717) is 0 Å². The van der Waals surface area contributed by atoms with Crippen LogP contribution in [-0.4, -0.2) is 0 Å². The van der Waals surface area contributed by atoms with Crippen LogP contribution in [0.15, 0.2) is 236 Å². The maximum atomic E-state index is 3.32. The first-order valence-corrected chi connectivity index (χ1v) is 19.8. The highest BCUT2D eigenvalue weighted by molar-refractivity contribution is 5.84. The Labute approximate surface area is 342 Å². The molecule has 0 saturated heterocycles. The van der Waals surface area contributed by atoms with Gasteiger partial charge in [-0.15, -0.1) is 0 Å². The van der Waals surface area contributed by atoms with Crippen LogP contribution in [0.4, 0.5) is 62.6 Å². The van der Waals surface area contributed by atoms with E-state index in [1.54, 1.807) is 0 Å². The molecule has 1 aliphatic rings. The summed E-state index contributed by atoms with van der Waals surface area (Å²) in [7, 11) is 0. The minimum Gasteiger partial charge on any atom is -0.314 e. The first kappa shape index (κ1) is 35.9. The van der Waals surface area contributed by atoms with E-state index in [1.165, 1.54) is 5.70 Å². The van der Waals surface area contributed by atoms with E-state index in [1.807, 2.05) is 18.2 Å². The van der Waals surface area contributed by atoms with Crippen molar-refractivity contribution in [3.8, 4) is 0 Å². The minimum atomic E-state index is 0.928. The van der Waals surface area contributed by atoms with Gasteiger partial charge in [0.15, 0.2) is 0 Å². The zero-order valence-corrected chi connectivity index (χ0v) is 32.1. The predicted molar refractivity (Wildman–Crippen MR) is 243 cm³/mol. The van der Waals surface area contributed by atoms with Crippen LogP contribution in [0.1, 0.15) is 12.8 Å². The first-order valence-electron chi connectivity index (χ1n) is 19.8. The van der Waals surface area contributed by atoms with Crippen molar-refractivity contribution >= 4 is 62.6 Å². The van der Waals surface area contributed by atoms with Crippen LogP contribution >= 0.6 is 0 Å². The average Bonchev–Trinajstić information content (AvgIpc) is 3.30. The molecule has 0 unspecified atom stereocenters. The summed E-state index contributed by atoms with van der Waals surface area (Å²) >= 11 is 0. The van der Waals surface area contributed by atoms with Crippen molar-refractivity contribution in [1.82, 2.24) is 0 Å². The van der Waals surface area contributed by atoms with Gasteiger partial charge in [0.05, 0.1) is 5.69 Å². The van der Waals surface area contributed by atoms with Gasteiger partial charge in [-0.2, -0.15) is 0 Å². The number of rotatable bonds is 12. The van der Waals surface area contributed by atoms with Gasteiger partial charge in [-0.3, -0.25) is 0 Å². The van der Waals surface area contributed by atoms with Crippen LogP contribution in [0, 0.1) is 12.1 Å². The third-order valence-corrected chi connectivity index (χ3v) is 10.3. The number of hydrogen-bond donors (Lipinski definition) is 0. The Kier molecular flexibility index (Phi) is 10.5. The summed E-state index contributed by atoms with van der Waals surface area (Å²) in [5.74, 6) is 0. The molecule has 8 aromatic rings. The van der Waals surface area contributed by atoms with Gasteiger partial charge in [0.1, 0.15) is 0 Å². The molecule has 278 valence electrons. The smallest absolute Gasteiger partial charge is 0.0973 e. The summed E-state index contributed by atoms with van der Waals surface area (Å²) in [5.41, 5.74) is 13.0. The molecule has 0 amide bonds. The molecule has 0 heterocycles. The summed E-state index contributed by atoms with van der Waals surface area (Å²) < 4.78 is 0. The predicted octanol–water partition coefficient (Wildman–Crippen LogP) is 15.1. The Morgan fingerprint density at radius 2 is 0.672 bits per heavy atom. The Balaban J connectivity index is 1.12. The third kappa shape index (κ3) is 7.71. The Morgan fingerprint density at radius 1 is 0.328 bits per heavy atom. The van der Waals surface area contributed by atoms with Crippen molar-refractivity contribution in [2.75, 3.05) is 19.6 Å². The second-order valence-corrected chi connectivity index (χ2v) is 14.0. The average molecular weight is 747 g/mol. The summed E-state index contributed by atoms with van der Waals surface area (Å²) in [6.45, 7) is 0. The number of anilines is 11. The molecule has 0 fully saturated rings. The normalized spacial score (nSPS) is 11.9. The van der Waals surface area contributed by atoms with Crippen LogP contribution in [0.25, 0.3) is 0 Å². The molecule has 0 N–H and O–H groups in total. The molecule has 0 aliphatic heterocycles. The number of para-hydroxylation sites is 4. The lowest BCUT2D eigenvalue weighted by Crippen LogP contribution is -2.17. The highest BCUT2D eigenvalue weighted by Gasteiger charge is 2.20. The van der Waals surface area contributed by atoms with Crippen LogP contribution in [0.2, 0.25) is 0 Å². The van der Waals surface area contributed by atoms with Crippen molar-refractivity contribution in [2.24, 2.45) is 0 Å². The fraction of sp³-hybridized carbons (Fsp3) is 0.0370. The standard InChI is InChI=1S/C54H42N4/c1-7-19-43(20-8-1)55(44-21-9-2-10-22-44)49-31-37-52(38-32-49)58(53-39-33-50(34-40-53)56(45-23-11-3-12-24-45)46-25-13-4-14-26-46)54-41-35-51(36-42-54)57(47-27-15-5-16-28-47)48-29-17-6-18-30-48/h1-13,15-17,19-25,27-29,31-42H,14,26H2. The van der Waals surface area contributed by atoms with Crippen molar-refractivity contribution in [1.29, 1.82) is 0 Å². The monoisotopic (exact) mass is 746 g/mol. The zero-order chi connectivity index (χ0) is 38.9. The molecule has 0 spiro atoms. The van der Waals surface area contributed by atoms with Crippen molar-refractivity contribution in [3.63, 3.8) is 0 Å². The highest BCUT2D eigenvalue weighted by atomic mass is 15.2. The van der Waals surface area contributed by atoms with Crippen molar-refractivity contribution in [2.45, 2.75) is 12.8 Å². The molecular weight excluding hydrogens is 705 g/mol. The van der Waals surface area contributed by atoms with Gasteiger partial charge >= 0.3 is 0 Å². The van der Waals surface area contributed by atoms with E-state index >= 15 is 0 Å². The Bertz CT molecular complexity index is 2370. The number of nitrogens with zero attached hydrogens (tertiary/aromatic N) is 4. The summed E-state index contributed by atoms with van der Waals surface area (Å²) in [4.78, 5) is 9.21. The molecule has 4 nitrogen and oxygen atoms in total. The summed E-state index contributed by atoms with van der Waals surface area (Å²) in [6, 6.07) is 81.1. The zero-order valence-electron chi connectivity index (χ0n) is 32.1. The van der Waals surface area contributed by atoms with E-state index in [9.17, 15) is 0 Å². The van der Waals surface area contributed by atoms with E-state index < -0.39 is 0 Å². The summed E-state index contributed by atoms with van der Waals surface area (Å²) in [6.07, 6.45) is 8.65. The van der Waals surface area contributed by atoms with Gasteiger partial charge < -0.3 is 19.6 Å². The van der Waals surface area contributed by atoms with Crippen LogP contribution in [-0.2, 0) is 0 Å². The molecule has 0 atom stereocenters. The maximum absolute atomic E-state index is 3.32. The topological polar surface area (TPSA) is 13.0 Å². The van der Waals surface area contributed by atoms with Crippen LogP contribution in [0.5, 0.6) is 0 Å². The molecule has 0 radical (unpaired) electrons. The maximum Gasteiger partial charge on any atom is 0.0973 e. The quantitative estimate of drug-likeness (QED) is 0.123. The third-order valence-electron chi connectivity index (χ3n) is 10.3. The Hall–Kier alpha value is -7.74. The van der Waals surface area contributed by atoms with Crippen LogP contribution in [0.3, 0.4) is 0 Å². The van der Waals surface area contributed by atoms with Gasteiger partial charge in [-0.05, 0) is 158 Å². The van der Waals surface area contributed by atoms with E-state index in [0.717, 1.165) is 75.4 Å². The number of hydrogen-bond acceptors (Lipinski definition) is 4. The molecule has 4 heteroatoms. The van der Waals surface area contributed by atoms with Gasteiger partial charge in [0.25, 0.3) is 0 Å². The van der Waals surface area contributed by atoms with E-state index in [4.69, 9.17) is 0 Å². The van der Waals surface area contributed by atoms with E-state index in [-0.39, 0.29) is 0 Å². The molecule has 0 aromatic heterocycles. The molecule has 0 saturated carbocycles. The SMILES string of the molecule is c1cccc(N(c2ccccc2)c2ccc(N(c3ccc(N(C4=CC=CCC4)c4ccccc4)cc3)c3ccc(N(c4ccccc4)c4ccccc4)cc3)cc2)c#1. The fourth-order valence-electron chi connectivity index (χ4n) is 7.61. The van der Waals surface area contributed by atoms with Gasteiger partial charge in [0.2, 0.25) is 0 Å². The lowest BCUT2D eigenvalue weighted by molar-refractivity contribution is 0.917. The fourth-order valence-corrected chi connectivity index (χ4v) is 7.61. The molecule has 58 heavy (non-hydrogen) atoms. The van der Waals surface area contributed by atoms with Gasteiger partial charge in [-0.1, -0.05) is 97.1 Å². The molecule has 0 bridgehead atoms. The largest absolute Gasteiger partial charge is 0.314 e. The van der Waals surface area contributed by atoms with E-state index in [2.05, 4.69) is 244 Å². The molecular formula is C54H42N4. The number of allylic oxidation sites excluding steroid dienone is 4. The second kappa shape index (κ2) is 17.0. The number of benzene rings is 7. The Morgan fingerprint density at radius 3 is 1.03 bits per heavy atom. The van der Waals surface area contributed by atoms with Crippen molar-refractivity contribution in [3.05, 3.63) is 248 Å². The molecule has 1 aliphatic carbocycles. The lowest BCUT2D eigenvalue weighted by Gasteiger charge is -2.31. The summed E-state index contributed by atoms with van der Waals surface area (Å²) in [5, 5.41) is 0. The van der Waals surface area contributed by atoms with Gasteiger partial charge in [0, 0.05) is 62.6 Å². The lowest BCUT2D eigenvalue weighted by atomic mass is 10.1. The minimum absolute atomic E-state index is 0.928. The van der Waals surface area contributed by atoms with Gasteiger partial charge in [-0.25, -0.2) is 0 Å². The van der Waals surface area contributed by atoms with Crippen molar-refractivity contribution < 1.29 is 0 Å².